The Labute approximate surface area is 129 Å². The Hall–Kier alpha value is -1.78. The van der Waals surface area contributed by atoms with E-state index in [0.29, 0.717) is 48.7 Å². The Morgan fingerprint density at radius 3 is 2.23 bits per heavy atom. The second-order valence-electron chi connectivity index (χ2n) is 6.61. The van der Waals surface area contributed by atoms with E-state index in [1.807, 2.05) is 0 Å². The van der Waals surface area contributed by atoms with Crippen LogP contribution >= 0.6 is 0 Å². The lowest BCUT2D eigenvalue weighted by molar-refractivity contribution is -0.147. The van der Waals surface area contributed by atoms with Crippen LogP contribution in [0.15, 0.2) is 12.1 Å². The predicted molar refractivity (Wildman–Crippen MR) is 79.3 cm³/mol. The number of carboxylic acid groups (broad SMARTS) is 1. The molecular weight excluding hydrogens is 287 g/mol. The summed E-state index contributed by atoms with van der Waals surface area (Å²) in [5.41, 5.74) is -1.72. The second-order valence-corrected chi connectivity index (χ2v) is 6.61. The Balaban J connectivity index is 2.19. The van der Waals surface area contributed by atoms with Crippen LogP contribution in [0.2, 0.25) is 0 Å². The number of halogens is 1. The van der Waals surface area contributed by atoms with Gasteiger partial charge in [-0.05, 0) is 49.9 Å². The molecule has 0 amide bonds. The average molecular weight is 308 g/mol. The number of hydrogen-bond donors (Lipinski definition) is 1. The molecule has 3 rings (SSSR count). The summed E-state index contributed by atoms with van der Waals surface area (Å²) < 4.78 is 26.0. The summed E-state index contributed by atoms with van der Waals surface area (Å²) in [6.45, 7) is 3.93. The number of benzene rings is 1. The molecule has 22 heavy (non-hydrogen) atoms. The summed E-state index contributed by atoms with van der Waals surface area (Å²) in [6, 6.07) is 3.31. The molecule has 1 aromatic carbocycles. The summed E-state index contributed by atoms with van der Waals surface area (Å²) in [5.74, 6) is 0.133. The van der Waals surface area contributed by atoms with Crippen LogP contribution in [0.5, 0.6) is 11.5 Å². The molecule has 5 heteroatoms. The minimum atomic E-state index is -1.64. The fourth-order valence-corrected chi connectivity index (χ4v) is 3.23. The van der Waals surface area contributed by atoms with Crippen molar-refractivity contribution >= 4 is 5.97 Å². The third-order valence-electron chi connectivity index (χ3n) is 4.66. The molecule has 2 aliphatic rings. The molecule has 0 saturated heterocycles. The number of aliphatic carboxylic acids is 1. The van der Waals surface area contributed by atoms with Crippen molar-refractivity contribution < 1.29 is 23.8 Å². The monoisotopic (exact) mass is 308 g/mol. The van der Waals surface area contributed by atoms with Crippen molar-refractivity contribution in [2.24, 2.45) is 0 Å². The molecule has 4 nitrogen and oxygen atoms in total. The summed E-state index contributed by atoms with van der Waals surface area (Å²) in [5, 5.41) is 9.69. The van der Waals surface area contributed by atoms with Crippen molar-refractivity contribution in [1.29, 1.82) is 0 Å². The summed E-state index contributed by atoms with van der Waals surface area (Å²) in [4.78, 5) is 11.8. The van der Waals surface area contributed by atoms with Gasteiger partial charge in [0.05, 0.1) is 18.6 Å². The minimum absolute atomic E-state index is 0.388. The van der Waals surface area contributed by atoms with Gasteiger partial charge in [0.15, 0.2) is 11.5 Å². The molecule has 1 aliphatic carbocycles. The van der Waals surface area contributed by atoms with E-state index >= 15 is 0 Å². The van der Waals surface area contributed by atoms with Crippen molar-refractivity contribution in [3.8, 4) is 11.5 Å². The van der Waals surface area contributed by atoms with Crippen molar-refractivity contribution in [3.05, 3.63) is 23.3 Å². The van der Waals surface area contributed by atoms with Gasteiger partial charge in [-0.3, -0.25) is 4.79 Å². The van der Waals surface area contributed by atoms with E-state index in [-0.39, 0.29) is 0 Å². The molecule has 0 spiro atoms. The van der Waals surface area contributed by atoms with E-state index < -0.39 is 17.1 Å². The molecule has 120 valence electrons. The molecule has 0 bridgehead atoms. The Bertz CT molecular complexity index is 599. The maximum Gasteiger partial charge on any atom is 0.314 e. The van der Waals surface area contributed by atoms with Crippen LogP contribution in [0.4, 0.5) is 4.39 Å². The largest absolute Gasteiger partial charge is 0.490 e. The predicted octanol–water partition coefficient (Wildman–Crippen LogP) is 3.56. The van der Waals surface area contributed by atoms with E-state index in [4.69, 9.17) is 9.47 Å². The van der Waals surface area contributed by atoms with Crippen molar-refractivity contribution in [1.82, 2.24) is 0 Å². The summed E-state index contributed by atoms with van der Waals surface area (Å²) >= 11 is 0. The van der Waals surface area contributed by atoms with Crippen LogP contribution in [0.25, 0.3) is 0 Å². The minimum Gasteiger partial charge on any atom is -0.490 e. The van der Waals surface area contributed by atoms with Crippen LogP contribution in [0, 0.1) is 0 Å². The highest BCUT2D eigenvalue weighted by molar-refractivity contribution is 5.84. The molecule has 0 aromatic heterocycles. The highest BCUT2D eigenvalue weighted by atomic mass is 19.1. The topological polar surface area (TPSA) is 55.8 Å². The van der Waals surface area contributed by atoms with Crippen LogP contribution in [-0.4, -0.2) is 24.3 Å². The number of fused-ring (bicyclic) bond motifs is 1. The van der Waals surface area contributed by atoms with Gasteiger partial charge in [0, 0.05) is 6.42 Å². The van der Waals surface area contributed by atoms with E-state index in [2.05, 4.69) is 0 Å². The van der Waals surface area contributed by atoms with Crippen LogP contribution < -0.4 is 9.47 Å². The molecule has 1 saturated carbocycles. The average Bonchev–Trinajstić information content (AvgIpc) is 2.59. The first-order chi connectivity index (χ1) is 10.3. The van der Waals surface area contributed by atoms with Gasteiger partial charge in [-0.2, -0.15) is 0 Å². The van der Waals surface area contributed by atoms with E-state index in [9.17, 15) is 14.3 Å². The number of carboxylic acids is 1. The van der Waals surface area contributed by atoms with Crippen molar-refractivity contribution in [2.45, 2.75) is 50.6 Å². The zero-order valence-electron chi connectivity index (χ0n) is 12.9. The molecule has 1 fully saturated rings. The highest BCUT2D eigenvalue weighted by Gasteiger charge is 2.49. The second kappa shape index (κ2) is 5.14. The third-order valence-corrected chi connectivity index (χ3v) is 4.66. The summed E-state index contributed by atoms with van der Waals surface area (Å²) in [6.07, 6.45) is 2.66. The fourth-order valence-electron chi connectivity index (χ4n) is 3.23. The van der Waals surface area contributed by atoms with Gasteiger partial charge in [0.2, 0.25) is 0 Å². The Kier molecular flexibility index (Phi) is 3.54. The van der Waals surface area contributed by atoms with Gasteiger partial charge in [-0.1, -0.05) is 6.42 Å². The molecule has 1 aliphatic heterocycles. The lowest BCUT2D eigenvalue weighted by Gasteiger charge is -2.41. The first-order valence-corrected chi connectivity index (χ1v) is 7.71. The standard InChI is InChI=1S/C17H21FO4/c1-16(2,18)11-9-13-14(22-8-4-7-21-13)10-12(11)17(15(19)20)5-3-6-17/h9-10H,3-8H2,1-2H3,(H,19,20). The molecule has 1 aromatic rings. The smallest absolute Gasteiger partial charge is 0.314 e. The molecular formula is C17H21FO4. The lowest BCUT2D eigenvalue weighted by Crippen LogP contribution is -2.44. The zero-order chi connectivity index (χ0) is 16.0. The third kappa shape index (κ3) is 2.32. The first kappa shape index (κ1) is 15.1. The van der Waals surface area contributed by atoms with Gasteiger partial charge >= 0.3 is 5.97 Å². The van der Waals surface area contributed by atoms with Crippen LogP contribution in [0.3, 0.4) is 0 Å². The molecule has 0 unspecified atom stereocenters. The quantitative estimate of drug-likeness (QED) is 0.927. The molecule has 0 radical (unpaired) electrons. The lowest BCUT2D eigenvalue weighted by atomic mass is 9.62. The van der Waals surface area contributed by atoms with Crippen LogP contribution in [-0.2, 0) is 15.9 Å². The Morgan fingerprint density at radius 2 is 1.77 bits per heavy atom. The number of hydrogen-bond acceptors (Lipinski definition) is 3. The number of ether oxygens (including phenoxy) is 2. The van der Waals surface area contributed by atoms with E-state index in [1.54, 1.807) is 12.1 Å². The van der Waals surface area contributed by atoms with Crippen molar-refractivity contribution in [3.63, 3.8) is 0 Å². The normalized spacial score (nSPS) is 20.0. The first-order valence-electron chi connectivity index (χ1n) is 7.71. The van der Waals surface area contributed by atoms with Crippen molar-refractivity contribution in [2.75, 3.05) is 13.2 Å². The molecule has 0 atom stereocenters. The molecule has 1 heterocycles. The fraction of sp³-hybridized carbons (Fsp3) is 0.588. The van der Waals surface area contributed by atoms with Gasteiger partial charge in [0.1, 0.15) is 5.67 Å². The van der Waals surface area contributed by atoms with Gasteiger partial charge < -0.3 is 14.6 Å². The number of carbonyl (C=O) groups is 1. The van der Waals surface area contributed by atoms with Gasteiger partial charge in [-0.25, -0.2) is 4.39 Å². The SMILES string of the molecule is CC(C)(F)c1cc2c(cc1C1(C(=O)O)CCC1)OCCCO2. The number of alkyl halides is 1. The maximum atomic E-state index is 14.7. The van der Waals surface area contributed by atoms with E-state index in [0.717, 1.165) is 12.8 Å². The zero-order valence-corrected chi connectivity index (χ0v) is 12.9. The maximum absolute atomic E-state index is 14.7. The Morgan fingerprint density at radius 1 is 1.18 bits per heavy atom. The van der Waals surface area contributed by atoms with E-state index in [1.165, 1.54) is 13.8 Å². The summed E-state index contributed by atoms with van der Waals surface area (Å²) in [7, 11) is 0. The van der Waals surface area contributed by atoms with Crippen LogP contribution in [0.1, 0.15) is 50.7 Å². The number of rotatable bonds is 3. The molecule has 1 N–H and O–H groups in total. The highest BCUT2D eigenvalue weighted by Crippen LogP contribution is 2.50. The van der Waals surface area contributed by atoms with Gasteiger partial charge in [0.25, 0.3) is 0 Å². The van der Waals surface area contributed by atoms with Gasteiger partial charge in [-0.15, -0.1) is 0 Å².